The molecule has 8 fully saturated rings. The second kappa shape index (κ2) is 11.9. The number of esters is 1. The molecule has 3 saturated heterocycles. The Balaban J connectivity index is 0.00000378. The highest BCUT2D eigenvalue weighted by Crippen LogP contribution is 2.87. The first-order valence-electron chi connectivity index (χ1n) is 19.8. The molecule has 8 heteroatoms. The van der Waals surface area contributed by atoms with Crippen LogP contribution in [0, 0.1) is 51.2 Å². The molecule has 3 heterocycles. The van der Waals surface area contributed by atoms with Crippen molar-refractivity contribution in [2.75, 3.05) is 32.9 Å². The van der Waals surface area contributed by atoms with Gasteiger partial charge in [-0.05, 0) is 129 Å². The van der Waals surface area contributed by atoms with Gasteiger partial charge in [0.25, 0.3) is 0 Å². The Hall–Kier alpha value is -0.770. The van der Waals surface area contributed by atoms with E-state index >= 15 is 0 Å². The number of rotatable bonds is 8. The Morgan fingerprint density at radius 3 is 2.48 bits per heavy atom. The second-order valence-electron chi connectivity index (χ2n) is 19.6. The van der Waals surface area contributed by atoms with E-state index in [9.17, 15) is 9.90 Å². The van der Waals surface area contributed by atoms with Gasteiger partial charge in [0.15, 0.2) is 12.4 Å². The van der Waals surface area contributed by atoms with E-state index in [2.05, 4.69) is 25.7 Å². The number of morpholine rings is 1. The Morgan fingerprint density at radius 1 is 1.00 bits per heavy atom. The molecular formula is C40H67NO7. The van der Waals surface area contributed by atoms with E-state index in [1.54, 1.807) is 13.8 Å². The maximum atomic E-state index is 12.8. The highest BCUT2D eigenvalue weighted by Gasteiger charge is 2.80. The van der Waals surface area contributed by atoms with Crippen molar-refractivity contribution >= 4 is 5.97 Å². The zero-order valence-corrected chi connectivity index (χ0v) is 31.0. The molecule has 10 unspecified atom stereocenters. The number of hydrogen-bond donors (Lipinski definition) is 1. The molecule has 5 saturated carbocycles. The normalized spacial score (nSPS) is 47.5. The van der Waals surface area contributed by atoms with Crippen LogP contribution in [0.5, 0.6) is 0 Å². The lowest BCUT2D eigenvalue weighted by atomic mass is 9.46. The van der Waals surface area contributed by atoms with Gasteiger partial charge in [-0.25, -0.2) is 0 Å². The van der Waals surface area contributed by atoms with Gasteiger partial charge in [-0.3, -0.25) is 9.69 Å². The zero-order chi connectivity index (χ0) is 33.9. The average Bonchev–Trinajstić information content (AvgIpc) is 3.55. The first-order valence-corrected chi connectivity index (χ1v) is 19.8. The minimum absolute atomic E-state index is 0. The van der Waals surface area contributed by atoms with Crippen LogP contribution in [0.25, 0.3) is 0 Å². The van der Waals surface area contributed by atoms with E-state index in [-0.39, 0.29) is 43.3 Å². The van der Waals surface area contributed by atoms with Crippen LogP contribution in [0.2, 0.25) is 0 Å². The predicted molar refractivity (Wildman–Crippen MR) is 184 cm³/mol. The summed E-state index contributed by atoms with van der Waals surface area (Å²) in [5, 5.41) is 11.1. The Morgan fingerprint density at radius 2 is 1.77 bits per heavy atom. The molecule has 8 aliphatic rings. The standard InChI is InChI=1S/C40H65NO7.H2/c1-24(2)18-33(42)48-35(37(5,6)43)29-10-8-27-30(46-29)19-28-26-9-11-31-36(3,4)32(47-34-20-41(16-17-45-34)25-21-44-22-25)12-13-40(31)23-39(26,40)15-14-38(27,28)7;/h24-32,34-35,43H,8-23H2,1-7H3;1H/t26?,27?,28?,29?,30?,31?,32-,34?,35-,38?,39?,40?;/m0./s1. The molecule has 0 radical (unpaired) electrons. The molecule has 48 heavy (non-hydrogen) atoms. The molecule has 0 aromatic heterocycles. The minimum atomic E-state index is -1.15. The predicted octanol–water partition coefficient (Wildman–Crippen LogP) is 6.61. The minimum Gasteiger partial charge on any atom is -0.457 e. The number of aliphatic hydroxyl groups is 1. The maximum absolute atomic E-state index is 12.8. The van der Waals surface area contributed by atoms with Gasteiger partial charge in [0.2, 0.25) is 0 Å². The molecule has 0 bridgehead atoms. The third-order valence-electron chi connectivity index (χ3n) is 15.9. The van der Waals surface area contributed by atoms with Crippen molar-refractivity contribution < 1.29 is 35.0 Å². The number of fused-ring (bicyclic) bond motifs is 4. The summed E-state index contributed by atoms with van der Waals surface area (Å²) in [6, 6.07) is 0.534. The van der Waals surface area contributed by atoms with Crippen molar-refractivity contribution in [1.29, 1.82) is 0 Å². The molecule has 274 valence electrons. The summed E-state index contributed by atoms with van der Waals surface area (Å²) in [7, 11) is 0. The van der Waals surface area contributed by atoms with Crippen molar-refractivity contribution in [3.63, 3.8) is 0 Å². The first-order chi connectivity index (χ1) is 22.7. The van der Waals surface area contributed by atoms with Gasteiger partial charge in [-0.15, -0.1) is 0 Å². The molecule has 0 aromatic rings. The lowest BCUT2D eigenvalue weighted by Gasteiger charge is -2.60. The summed E-state index contributed by atoms with van der Waals surface area (Å²) in [6.07, 6.45) is 12.1. The van der Waals surface area contributed by atoms with E-state index in [4.69, 9.17) is 23.7 Å². The van der Waals surface area contributed by atoms with Crippen LogP contribution in [-0.2, 0) is 28.5 Å². The highest BCUT2D eigenvalue weighted by molar-refractivity contribution is 5.70. The molecule has 3 aliphatic heterocycles. The van der Waals surface area contributed by atoms with E-state index in [0.717, 1.165) is 64.5 Å². The third kappa shape index (κ3) is 5.30. The summed E-state index contributed by atoms with van der Waals surface area (Å²) in [5.74, 6) is 2.73. The van der Waals surface area contributed by atoms with Gasteiger partial charge in [-0.2, -0.15) is 0 Å². The first kappa shape index (κ1) is 34.3. The molecule has 0 aromatic carbocycles. The van der Waals surface area contributed by atoms with E-state index in [1.165, 1.54) is 38.5 Å². The number of carbonyl (C=O) groups excluding carboxylic acids is 1. The fourth-order valence-corrected chi connectivity index (χ4v) is 13.6. The van der Waals surface area contributed by atoms with E-state index in [0.29, 0.717) is 46.5 Å². The largest absolute Gasteiger partial charge is 0.457 e. The van der Waals surface area contributed by atoms with Gasteiger partial charge in [0, 0.05) is 14.4 Å². The number of nitrogens with zero attached hydrogens (tertiary/aromatic N) is 1. The van der Waals surface area contributed by atoms with Gasteiger partial charge in [-0.1, -0.05) is 34.6 Å². The molecule has 8 rings (SSSR count). The fourth-order valence-electron chi connectivity index (χ4n) is 13.6. The Labute approximate surface area is 291 Å². The third-order valence-corrected chi connectivity index (χ3v) is 15.9. The van der Waals surface area contributed by atoms with Crippen LogP contribution in [-0.4, -0.2) is 91.2 Å². The summed E-state index contributed by atoms with van der Waals surface area (Å²) in [6.45, 7) is 19.5. The van der Waals surface area contributed by atoms with Crippen molar-refractivity contribution in [3.8, 4) is 0 Å². The molecule has 2 spiro atoms. The van der Waals surface area contributed by atoms with Crippen LogP contribution in [0.4, 0.5) is 0 Å². The Bertz CT molecular complexity index is 1240. The van der Waals surface area contributed by atoms with Crippen LogP contribution in [0.15, 0.2) is 0 Å². The summed E-state index contributed by atoms with van der Waals surface area (Å²) in [5.41, 5.74) is 0.256. The van der Waals surface area contributed by atoms with Crippen molar-refractivity contribution in [2.45, 2.75) is 161 Å². The fraction of sp³-hybridized carbons (Fsp3) is 0.975. The van der Waals surface area contributed by atoms with Crippen molar-refractivity contribution in [3.05, 3.63) is 0 Å². The van der Waals surface area contributed by atoms with Crippen molar-refractivity contribution in [1.82, 2.24) is 4.90 Å². The molecule has 1 N–H and O–H groups in total. The summed E-state index contributed by atoms with van der Waals surface area (Å²) in [4.78, 5) is 15.3. The average molecular weight is 674 g/mol. The quantitative estimate of drug-likeness (QED) is 0.288. The molecule has 5 aliphatic carbocycles. The molecule has 0 amide bonds. The van der Waals surface area contributed by atoms with Gasteiger partial charge in [0.05, 0.1) is 56.3 Å². The molecular weight excluding hydrogens is 606 g/mol. The summed E-state index contributed by atoms with van der Waals surface area (Å²) < 4.78 is 31.6. The van der Waals surface area contributed by atoms with E-state index in [1.807, 2.05) is 13.8 Å². The SMILES string of the molecule is CC(C)CC(=O)O[C@@H](C1CCC2C(CC3C4CCC5C(C)(C)[C@@H](OC6CN(C7COC7)CCO6)CCC56CC46CCC23C)O1)C(C)(C)O.[HH]. The monoisotopic (exact) mass is 673 g/mol. The smallest absolute Gasteiger partial charge is 0.306 e. The highest BCUT2D eigenvalue weighted by atomic mass is 16.7. The van der Waals surface area contributed by atoms with Gasteiger partial charge < -0.3 is 28.8 Å². The van der Waals surface area contributed by atoms with Crippen LogP contribution in [0.1, 0.15) is 121 Å². The van der Waals surface area contributed by atoms with Crippen LogP contribution in [0.3, 0.4) is 0 Å². The van der Waals surface area contributed by atoms with Crippen molar-refractivity contribution in [2.24, 2.45) is 51.2 Å². The van der Waals surface area contributed by atoms with Gasteiger partial charge >= 0.3 is 5.97 Å². The van der Waals surface area contributed by atoms with E-state index < -0.39 is 11.7 Å². The number of ether oxygens (including phenoxy) is 5. The topological polar surface area (TPSA) is 86.7 Å². The number of hydrogen-bond acceptors (Lipinski definition) is 8. The molecule has 12 atom stereocenters. The second-order valence-corrected chi connectivity index (χ2v) is 19.6. The summed E-state index contributed by atoms with van der Waals surface area (Å²) >= 11 is 0. The maximum Gasteiger partial charge on any atom is 0.306 e. The van der Waals surface area contributed by atoms with Gasteiger partial charge in [0.1, 0.15) is 0 Å². The molecule has 8 nitrogen and oxygen atoms in total. The zero-order valence-electron chi connectivity index (χ0n) is 31.0. The van der Waals surface area contributed by atoms with Crippen LogP contribution >= 0.6 is 0 Å². The van der Waals surface area contributed by atoms with Crippen LogP contribution < -0.4 is 0 Å². The lowest BCUT2D eigenvalue weighted by Crippen LogP contribution is -2.58. The Kier molecular flexibility index (Phi) is 8.49. The lowest BCUT2D eigenvalue weighted by molar-refractivity contribution is -0.253. The number of carbonyl (C=O) groups is 1.